The highest BCUT2D eigenvalue weighted by Gasteiger charge is 2.10. The zero-order chi connectivity index (χ0) is 13.4. The molecule has 0 unspecified atom stereocenters. The Morgan fingerprint density at radius 3 is 2.83 bits per heavy atom. The van der Waals surface area contributed by atoms with E-state index in [0.29, 0.717) is 13.2 Å². The third-order valence-corrected chi connectivity index (χ3v) is 2.28. The Labute approximate surface area is 105 Å². The average molecular weight is 254 g/mol. The van der Waals surface area contributed by atoms with Crippen LogP contribution in [0.4, 0.5) is 0 Å². The third-order valence-electron chi connectivity index (χ3n) is 2.28. The van der Waals surface area contributed by atoms with Crippen molar-refractivity contribution in [3.8, 4) is 0 Å². The molecule has 0 saturated heterocycles. The maximum atomic E-state index is 11.6. The molecule has 2 amide bonds. The van der Waals surface area contributed by atoms with Crippen LogP contribution >= 0.6 is 0 Å². The Morgan fingerprint density at radius 1 is 1.44 bits per heavy atom. The minimum Gasteiger partial charge on any atom is -0.383 e. The number of nitrogens with zero attached hydrogens (tertiary/aromatic N) is 1. The maximum absolute atomic E-state index is 11.6. The van der Waals surface area contributed by atoms with Crippen LogP contribution in [0.5, 0.6) is 0 Å². The van der Waals surface area contributed by atoms with E-state index in [9.17, 15) is 9.59 Å². The lowest BCUT2D eigenvalue weighted by atomic mass is 10.3. The summed E-state index contributed by atoms with van der Waals surface area (Å²) in [6.07, 6.45) is 0.776. The molecule has 0 aliphatic heterocycles. The van der Waals surface area contributed by atoms with E-state index in [4.69, 9.17) is 4.74 Å². The van der Waals surface area contributed by atoms with Gasteiger partial charge < -0.3 is 15.4 Å². The van der Waals surface area contributed by atoms with Gasteiger partial charge in [-0.3, -0.25) is 14.7 Å². The second-order valence-electron chi connectivity index (χ2n) is 3.66. The summed E-state index contributed by atoms with van der Waals surface area (Å²) in [5.74, 6) is -0.625. The van der Waals surface area contributed by atoms with Crippen LogP contribution in [0.25, 0.3) is 0 Å². The molecule has 0 spiro atoms. The zero-order valence-corrected chi connectivity index (χ0v) is 10.6. The molecule has 1 rings (SSSR count). The van der Waals surface area contributed by atoms with Crippen LogP contribution in [0.1, 0.15) is 23.1 Å². The first kappa shape index (κ1) is 14.2. The van der Waals surface area contributed by atoms with E-state index in [1.54, 1.807) is 13.2 Å². The first-order valence-corrected chi connectivity index (χ1v) is 5.75. The number of ether oxygens (including phenoxy) is 1. The number of H-pyrrole nitrogens is 1. The molecule has 100 valence electrons. The molecule has 0 fully saturated rings. The lowest BCUT2D eigenvalue weighted by molar-refractivity contribution is -0.120. The molecule has 1 aromatic rings. The van der Waals surface area contributed by atoms with Gasteiger partial charge in [0.05, 0.1) is 13.2 Å². The Morgan fingerprint density at radius 2 is 2.22 bits per heavy atom. The van der Waals surface area contributed by atoms with E-state index in [1.165, 1.54) is 0 Å². The molecule has 18 heavy (non-hydrogen) atoms. The summed E-state index contributed by atoms with van der Waals surface area (Å²) in [6, 6.07) is 1.66. The number of aromatic amines is 1. The summed E-state index contributed by atoms with van der Waals surface area (Å²) in [5, 5.41) is 11.7. The molecule has 1 aromatic heterocycles. The van der Waals surface area contributed by atoms with Crippen molar-refractivity contribution in [2.75, 3.05) is 26.8 Å². The number of aromatic nitrogens is 2. The van der Waals surface area contributed by atoms with E-state index in [1.807, 2.05) is 6.92 Å². The Balaban J connectivity index is 2.30. The van der Waals surface area contributed by atoms with Crippen molar-refractivity contribution >= 4 is 11.8 Å². The SMILES string of the molecule is CCc1cc(C(=O)NCC(=O)NCCOC)n[nH]1. The van der Waals surface area contributed by atoms with Gasteiger partial charge in [0.25, 0.3) is 5.91 Å². The van der Waals surface area contributed by atoms with Gasteiger partial charge in [0.1, 0.15) is 5.69 Å². The van der Waals surface area contributed by atoms with Crippen molar-refractivity contribution in [1.29, 1.82) is 0 Å². The zero-order valence-electron chi connectivity index (χ0n) is 10.6. The number of aryl methyl sites for hydroxylation is 1. The molecule has 1 heterocycles. The van der Waals surface area contributed by atoms with E-state index in [2.05, 4.69) is 20.8 Å². The van der Waals surface area contributed by atoms with Gasteiger partial charge in [-0.2, -0.15) is 5.10 Å². The molecule has 3 N–H and O–H groups in total. The summed E-state index contributed by atoms with van der Waals surface area (Å²) in [4.78, 5) is 22.9. The number of nitrogens with one attached hydrogen (secondary N) is 3. The number of hydrogen-bond acceptors (Lipinski definition) is 4. The molecule has 0 aliphatic carbocycles. The summed E-state index contributed by atoms with van der Waals surface area (Å²) < 4.78 is 4.79. The molecule has 0 radical (unpaired) electrons. The van der Waals surface area contributed by atoms with Crippen LogP contribution in [0.15, 0.2) is 6.07 Å². The molecule has 7 nitrogen and oxygen atoms in total. The summed E-state index contributed by atoms with van der Waals surface area (Å²) in [7, 11) is 1.55. The van der Waals surface area contributed by atoms with E-state index >= 15 is 0 Å². The molecule has 0 atom stereocenters. The van der Waals surface area contributed by atoms with Crippen LogP contribution in [0.2, 0.25) is 0 Å². The lowest BCUT2D eigenvalue weighted by Gasteiger charge is -2.04. The fraction of sp³-hybridized carbons (Fsp3) is 0.545. The fourth-order valence-corrected chi connectivity index (χ4v) is 1.27. The van der Waals surface area contributed by atoms with Crippen LogP contribution in [-0.4, -0.2) is 48.8 Å². The quantitative estimate of drug-likeness (QED) is 0.570. The molecule has 7 heteroatoms. The van der Waals surface area contributed by atoms with Gasteiger partial charge in [-0.15, -0.1) is 0 Å². The highest BCUT2D eigenvalue weighted by Crippen LogP contribution is 1.99. The topological polar surface area (TPSA) is 96.1 Å². The number of amides is 2. The molecule has 0 aliphatic rings. The molecular weight excluding hydrogens is 236 g/mol. The largest absolute Gasteiger partial charge is 0.383 e. The van der Waals surface area contributed by atoms with Gasteiger partial charge in [0.2, 0.25) is 5.91 Å². The lowest BCUT2D eigenvalue weighted by Crippen LogP contribution is -2.38. The van der Waals surface area contributed by atoms with Gasteiger partial charge in [-0.25, -0.2) is 0 Å². The fourth-order valence-electron chi connectivity index (χ4n) is 1.27. The molecule has 0 saturated carbocycles. The van der Waals surface area contributed by atoms with Gasteiger partial charge in [0, 0.05) is 19.3 Å². The van der Waals surface area contributed by atoms with Gasteiger partial charge in [-0.1, -0.05) is 6.92 Å². The third kappa shape index (κ3) is 4.54. The molecular formula is C11H18N4O3. The van der Waals surface area contributed by atoms with Crippen LogP contribution < -0.4 is 10.6 Å². The molecule has 0 aromatic carbocycles. The van der Waals surface area contributed by atoms with Crippen molar-refractivity contribution in [3.63, 3.8) is 0 Å². The van der Waals surface area contributed by atoms with Crippen LogP contribution in [0, 0.1) is 0 Å². The van der Waals surface area contributed by atoms with Gasteiger partial charge >= 0.3 is 0 Å². The predicted molar refractivity (Wildman–Crippen MR) is 65.2 cm³/mol. The predicted octanol–water partition coefficient (Wildman–Crippen LogP) is -0.535. The number of hydrogen-bond donors (Lipinski definition) is 3. The van der Waals surface area contributed by atoms with Crippen LogP contribution in [-0.2, 0) is 16.0 Å². The van der Waals surface area contributed by atoms with Crippen molar-refractivity contribution in [2.24, 2.45) is 0 Å². The van der Waals surface area contributed by atoms with Crippen molar-refractivity contribution in [2.45, 2.75) is 13.3 Å². The maximum Gasteiger partial charge on any atom is 0.272 e. The van der Waals surface area contributed by atoms with Crippen molar-refractivity contribution < 1.29 is 14.3 Å². The highest BCUT2D eigenvalue weighted by atomic mass is 16.5. The minimum absolute atomic E-state index is 0.0726. The Bertz CT molecular complexity index is 403. The summed E-state index contributed by atoms with van der Waals surface area (Å²) >= 11 is 0. The monoisotopic (exact) mass is 254 g/mol. The first-order chi connectivity index (χ1) is 8.67. The van der Waals surface area contributed by atoms with E-state index in [-0.39, 0.29) is 24.1 Å². The normalized spacial score (nSPS) is 10.1. The number of methoxy groups -OCH3 is 1. The number of carbonyl (C=O) groups is 2. The number of rotatable bonds is 7. The smallest absolute Gasteiger partial charge is 0.272 e. The van der Waals surface area contributed by atoms with Gasteiger partial charge in [0.15, 0.2) is 0 Å². The standard InChI is InChI=1S/C11H18N4O3/c1-3-8-6-9(15-14-8)11(17)13-7-10(16)12-4-5-18-2/h6H,3-5,7H2,1-2H3,(H,12,16)(H,13,17)(H,14,15). The summed E-state index contributed by atoms with van der Waals surface area (Å²) in [6.45, 7) is 2.75. The molecule has 0 bridgehead atoms. The minimum atomic E-state index is -0.368. The highest BCUT2D eigenvalue weighted by molar-refractivity contribution is 5.94. The summed E-state index contributed by atoms with van der Waals surface area (Å²) in [5.41, 5.74) is 1.17. The Hall–Kier alpha value is -1.89. The average Bonchev–Trinajstić information content (AvgIpc) is 2.85. The van der Waals surface area contributed by atoms with Crippen molar-refractivity contribution in [3.05, 3.63) is 17.5 Å². The van der Waals surface area contributed by atoms with Gasteiger partial charge in [-0.05, 0) is 12.5 Å². The first-order valence-electron chi connectivity index (χ1n) is 5.75. The number of carbonyl (C=O) groups excluding carboxylic acids is 2. The van der Waals surface area contributed by atoms with E-state index < -0.39 is 0 Å². The van der Waals surface area contributed by atoms with E-state index in [0.717, 1.165) is 12.1 Å². The Kier molecular flexibility index (Phi) is 5.86. The van der Waals surface area contributed by atoms with Crippen molar-refractivity contribution in [1.82, 2.24) is 20.8 Å². The second-order valence-corrected chi connectivity index (χ2v) is 3.66. The second kappa shape index (κ2) is 7.44. The van der Waals surface area contributed by atoms with Crippen LogP contribution in [0.3, 0.4) is 0 Å².